The maximum absolute atomic E-state index is 6.18. The molecule has 1 saturated carbocycles. The molecule has 2 rings (SSSR count). The van der Waals surface area contributed by atoms with E-state index in [0.29, 0.717) is 6.04 Å². The molecule has 3 nitrogen and oxygen atoms in total. The zero-order valence-electron chi connectivity index (χ0n) is 8.47. The molecule has 3 atom stereocenters. The average molecular weight is 183 g/mol. The van der Waals surface area contributed by atoms with Crippen LogP contribution in [0.3, 0.4) is 0 Å². The summed E-state index contributed by atoms with van der Waals surface area (Å²) in [7, 11) is 0. The van der Waals surface area contributed by atoms with E-state index in [1.165, 1.54) is 25.7 Å². The highest BCUT2D eigenvalue weighted by atomic mass is 15.4. The van der Waals surface area contributed by atoms with Crippen LogP contribution in [0.4, 0.5) is 0 Å². The van der Waals surface area contributed by atoms with Crippen LogP contribution in [0.1, 0.15) is 39.0 Å². The van der Waals surface area contributed by atoms with Gasteiger partial charge < -0.3 is 5.73 Å². The smallest absolute Gasteiger partial charge is 0.0278 e. The van der Waals surface area contributed by atoms with Crippen molar-refractivity contribution in [1.82, 2.24) is 10.9 Å². The van der Waals surface area contributed by atoms with Gasteiger partial charge in [0, 0.05) is 18.1 Å². The second-order valence-corrected chi connectivity index (χ2v) is 5.01. The Morgan fingerprint density at radius 1 is 1.31 bits per heavy atom. The first-order valence-corrected chi connectivity index (χ1v) is 5.45. The SMILES string of the molecule is CC1(N)CNNC2CCCCC2C1. The van der Waals surface area contributed by atoms with Crippen molar-refractivity contribution in [2.24, 2.45) is 11.7 Å². The van der Waals surface area contributed by atoms with Crippen LogP contribution in [0, 0.1) is 5.92 Å². The van der Waals surface area contributed by atoms with Crippen molar-refractivity contribution in [3.8, 4) is 0 Å². The highest BCUT2D eigenvalue weighted by Gasteiger charge is 2.33. The molecule has 2 aliphatic rings. The van der Waals surface area contributed by atoms with E-state index in [-0.39, 0.29) is 5.54 Å². The monoisotopic (exact) mass is 183 g/mol. The van der Waals surface area contributed by atoms with Gasteiger partial charge in [-0.1, -0.05) is 12.8 Å². The molecule has 76 valence electrons. The molecule has 1 saturated heterocycles. The molecule has 0 aromatic rings. The van der Waals surface area contributed by atoms with E-state index in [1.807, 2.05) is 0 Å². The summed E-state index contributed by atoms with van der Waals surface area (Å²) in [5.41, 5.74) is 12.8. The van der Waals surface area contributed by atoms with Crippen molar-refractivity contribution >= 4 is 0 Å². The van der Waals surface area contributed by atoms with E-state index >= 15 is 0 Å². The Kier molecular flexibility index (Phi) is 2.58. The minimum atomic E-state index is -0.0241. The van der Waals surface area contributed by atoms with Gasteiger partial charge in [-0.25, -0.2) is 0 Å². The van der Waals surface area contributed by atoms with E-state index in [0.717, 1.165) is 18.9 Å². The van der Waals surface area contributed by atoms with Crippen LogP contribution >= 0.6 is 0 Å². The third-order valence-electron chi connectivity index (χ3n) is 3.42. The summed E-state index contributed by atoms with van der Waals surface area (Å²) in [4.78, 5) is 0. The van der Waals surface area contributed by atoms with Crippen LogP contribution in [0.5, 0.6) is 0 Å². The van der Waals surface area contributed by atoms with Gasteiger partial charge in [0.2, 0.25) is 0 Å². The standard InChI is InChI=1S/C10H21N3/c1-10(11)6-8-4-2-3-5-9(8)13-12-7-10/h8-9,12-13H,2-7,11H2,1H3. The van der Waals surface area contributed by atoms with Crippen LogP contribution in [0.15, 0.2) is 0 Å². The van der Waals surface area contributed by atoms with Crippen molar-refractivity contribution in [2.75, 3.05) is 6.54 Å². The molecule has 3 unspecified atom stereocenters. The van der Waals surface area contributed by atoms with Crippen LogP contribution in [-0.4, -0.2) is 18.1 Å². The lowest BCUT2D eigenvalue weighted by atomic mass is 9.78. The summed E-state index contributed by atoms with van der Waals surface area (Å²) >= 11 is 0. The van der Waals surface area contributed by atoms with Crippen LogP contribution in [0.25, 0.3) is 0 Å². The Morgan fingerprint density at radius 3 is 2.92 bits per heavy atom. The summed E-state index contributed by atoms with van der Waals surface area (Å²) in [5, 5.41) is 0. The van der Waals surface area contributed by atoms with Crippen LogP contribution in [0.2, 0.25) is 0 Å². The Bertz CT molecular complexity index is 179. The van der Waals surface area contributed by atoms with Gasteiger partial charge in [-0.2, -0.15) is 0 Å². The molecule has 0 aromatic heterocycles. The fourth-order valence-corrected chi connectivity index (χ4v) is 2.70. The number of hydrazine groups is 1. The third-order valence-corrected chi connectivity index (χ3v) is 3.42. The second-order valence-electron chi connectivity index (χ2n) is 5.01. The summed E-state index contributed by atoms with van der Waals surface area (Å²) < 4.78 is 0. The largest absolute Gasteiger partial charge is 0.324 e. The van der Waals surface area contributed by atoms with E-state index in [1.54, 1.807) is 0 Å². The Morgan fingerprint density at radius 2 is 2.08 bits per heavy atom. The summed E-state index contributed by atoms with van der Waals surface area (Å²) in [6.07, 6.45) is 6.59. The van der Waals surface area contributed by atoms with Gasteiger partial charge >= 0.3 is 0 Å². The van der Waals surface area contributed by atoms with E-state index in [2.05, 4.69) is 17.8 Å². The molecule has 0 amide bonds. The van der Waals surface area contributed by atoms with Gasteiger partial charge in [0.1, 0.15) is 0 Å². The normalized spacial score (nSPS) is 46.6. The molecule has 0 bridgehead atoms. The molecular formula is C10H21N3. The maximum Gasteiger partial charge on any atom is 0.0278 e. The molecule has 4 N–H and O–H groups in total. The Hall–Kier alpha value is -0.120. The molecule has 0 spiro atoms. The first kappa shape index (κ1) is 9.44. The lowest BCUT2D eigenvalue weighted by Crippen LogP contribution is -2.48. The van der Waals surface area contributed by atoms with Crippen molar-refractivity contribution in [3.63, 3.8) is 0 Å². The van der Waals surface area contributed by atoms with Gasteiger partial charge in [-0.05, 0) is 32.1 Å². The fraction of sp³-hybridized carbons (Fsp3) is 1.00. The van der Waals surface area contributed by atoms with Gasteiger partial charge in [-0.15, -0.1) is 0 Å². The zero-order valence-corrected chi connectivity index (χ0v) is 8.47. The number of rotatable bonds is 0. The number of fused-ring (bicyclic) bond motifs is 1. The quantitative estimate of drug-likeness (QED) is 0.520. The van der Waals surface area contributed by atoms with E-state index in [4.69, 9.17) is 5.73 Å². The highest BCUT2D eigenvalue weighted by Crippen LogP contribution is 2.31. The third kappa shape index (κ3) is 2.22. The molecular weight excluding hydrogens is 162 g/mol. The predicted octanol–water partition coefficient (Wildman–Crippen LogP) is 0.760. The molecule has 0 aromatic carbocycles. The predicted molar refractivity (Wildman–Crippen MR) is 54.1 cm³/mol. The maximum atomic E-state index is 6.18. The molecule has 1 heterocycles. The zero-order chi connectivity index (χ0) is 9.31. The van der Waals surface area contributed by atoms with Crippen LogP contribution < -0.4 is 16.6 Å². The Balaban J connectivity index is 2.03. The second kappa shape index (κ2) is 3.56. The van der Waals surface area contributed by atoms with Gasteiger partial charge in [0.25, 0.3) is 0 Å². The average Bonchev–Trinajstić information content (AvgIpc) is 2.21. The number of nitrogens with one attached hydrogen (secondary N) is 2. The summed E-state index contributed by atoms with van der Waals surface area (Å²) in [5.74, 6) is 0.791. The molecule has 2 fully saturated rings. The van der Waals surface area contributed by atoms with E-state index in [9.17, 15) is 0 Å². The number of nitrogens with two attached hydrogens (primary N) is 1. The highest BCUT2D eigenvalue weighted by molar-refractivity contribution is 4.92. The van der Waals surface area contributed by atoms with Crippen molar-refractivity contribution in [2.45, 2.75) is 50.6 Å². The fourth-order valence-electron chi connectivity index (χ4n) is 2.70. The molecule has 3 heteroatoms. The van der Waals surface area contributed by atoms with Crippen molar-refractivity contribution in [3.05, 3.63) is 0 Å². The topological polar surface area (TPSA) is 50.1 Å². The number of hydrogen-bond donors (Lipinski definition) is 3. The van der Waals surface area contributed by atoms with E-state index < -0.39 is 0 Å². The Labute approximate surface area is 80.4 Å². The lowest BCUT2D eigenvalue weighted by Gasteiger charge is -2.32. The summed E-state index contributed by atoms with van der Waals surface area (Å²) in [6, 6.07) is 0.666. The molecule has 0 radical (unpaired) electrons. The van der Waals surface area contributed by atoms with Crippen LogP contribution in [-0.2, 0) is 0 Å². The first-order valence-electron chi connectivity index (χ1n) is 5.45. The molecule has 1 aliphatic carbocycles. The molecule has 13 heavy (non-hydrogen) atoms. The van der Waals surface area contributed by atoms with Gasteiger partial charge in [-0.3, -0.25) is 10.9 Å². The minimum absolute atomic E-state index is 0.0241. The van der Waals surface area contributed by atoms with Gasteiger partial charge in [0.15, 0.2) is 0 Å². The number of hydrogen-bond acceptors (Lipinski definition) is 3. The van der Waals surface area contributed by atoms with Crippen molar-refractivity contribution < 1.29 is 0 Å². The minimum Gasteiger partial charge on any atom is -0.324 e. The summed E-state index contributed by atoms with van der Waals surface area (Å²) in [6.45, 7) is 3.04. The van der Waals surface area contributed by atoms with Crippen molar-refractivity contribution in [1.29, 1.82) is 0 Å². The molecule has 1 aliphatic heterocycles. The lowest BCUT2D eigenvalue weighted by molar-refractivity contribution is 0.238. The van der Waals surface area contributed by atoms with Gasteiger partial charge in [0.05, 0.1) is 0 Å². The first-order chi connectivity index (χ1) is 6.17.